The van der Waals surface area contributed by atoms with Crippen LogP contribution in [0, 0.1) is 0 Å². The molecule has 3 aromatic rings. The van der Waals surface area contributed by atoms with Gasteiger partial charge in [-0.25, -0.2) is 4.79 Å². The highest BCUT2D eigenvalue weighted by atomic mass is 35.5. The van der Waals surface area contributed by atoms with Gasteiger partial charge in [0.1, 0.15) is 5.02 Å². The van der Waals surface area contributed by atoms with Gasteiger partial charge in [-0.05, 0) is 54.3 Å². The van der Waals surface area contributed by atoms with E-state index in [1.165, 1.54) is 11.6 Å². The van der Waals surface area contributed by atoms with Crippen molar-refractivity contribution in [2.45, 2.75) is 32.9 Å². The molecule has 30 heavy (non-hydrogen) atoms. The molecule has 156 valence electrons. The second-order valence-corrected chi connectivity index (χ2v) is 7.72. The first-order valence-electron chi connectivity index (χ1n) is 9.61. The highest BCUT2D eigenvalue weighted by Gasteiger charge is 2.13. The van der Waals surface area contributed by atoms with Crippen molar-refractivity contribution >= 4 is 34.9 Å². The molecule has 0 bridgehead atoms. The van der Waals surface area contributed by atoms with Crippen LogP contribution in [0.25, 0.3) is 0 Å². The van der Waals surface area contributed by atoms with E-state index in [0.717, 1.165) is 17.7 Å². The van der Waals surface area contributed by atoms with E-state index in [1.807, 2.05) is 12.1 Å². The van der Waals surface area contributed by atoms with Gasteiger partial charge in [0.15, 0.2) is 0 Å². The van der Waals surface area contributed by atoms with E-state index in [9.17, 15) is 9.59 Å². The topological polar surface area (TPSA) is 71.3 Å². The van der Waals surface area contributed by atoms with Crippen LogP contribution in [0.3, 0.4) is 0 Å². The van der Waals surface area contributed by atoms with Crippen LogP contribution in [-0.4, -0.2) is 15.6 Å². The number of hydrogen-bond donors (Lipinski definition) is 2. The number of nitrogens with one attached hydrogen (secondary N) is 1. The fourth-order valence-corrected chi connectivity index (χ4v) is 3.74. The van der Waals surface area contributed by atoms with E-state index in [0.29, 0.717) is 30.2 Å². The third-order valence-electron chi connectivity index (χ3n) is 4.92. The molecule has 0 unspecified atom stereocenters. The van der Waals surface area contributed by atoms with Gasteiger partial charge in [0.25, 0.3) is 5.56 Å². The molecule has 0 saturated carbocycles. The van der Waals surface area contributed by atoms with Gasteiger partial charge in [-0.2, -0.15) is 0 Å². The summed E-state index contributed by atoms with van der Waals surface area (Å²) in [5, 5.41) is 12.8. The second kappa shape index (κ2) is 9.83. The fraction of sp³-hybridized carbons (Fsp3) is 0.217. The van der Waals surface area contributed by atoms with E-state index in [2.05, 4.69) is 24.4 Å². The van der Waals surface area contributed by atoms with Crippen molar-refractivity contribution in [1.82, 2.24) is 4.57 Å². The van der Waals surface area contributed by atoms with E-state index in [-0.39, 0.29) is 16.1 Å². The number of carboxylic acids is 1. The minimum absolute atomic E-state index is 0.0676. The minimum Gasteiger partial charge on any atom is -0.478 e. The predicted molar refractivity (Wildman–Crippen MR) is 121 cm³/mol. The molecule has 1 heterocycles. The van der Waals surface area contributed by atoms with Gasteiger partial charge in [-0.15, -0.1) is 0 Å². The van der Waals surface area contributed by atoms with E-state index in [4.69, 9.17) is 28.3 Å². The highest BCUT2D eigenvalue weighted by molar-refractivity contribution is 6.34. The van der Waals surface area contributed by atoms with Gasteiger partial charge >= 0.3 is 5.97 Å². The molecule has 0 radical (unpaired) electrons. The van der Waals surface area contributed by atoms with E-state index in [1.54, 1.807) is 28.8 Å². The molecule has 5 nitrogen and oxygen atoms in total. The standard InChI is InChI=1S/C23H22Cl2N2O3/c1-2-15-4-3-5-18(12-15)26-14-21-19(24)13-20(25)22(28)27(21)11-10-16-6-8-17(9-7-16)23(29)30/h3-9,12-13,26H,2,10-11,14H2,1H3,(H,29,30). The molecule has 7 heteroatoms. The third-order valence-corrected chi connectivity index (χ3v) is 5.52. The number of halogens is 2. The van der Waals surface area contributed by atoms with Crippen molar-refractivity contribution in [3.63, 3.8) is 0 Å². The Morgan fingerprint density at radius 1 is 1.03 bits per heavy atom. The zero-order valence-corrected chi connectivity index (χ0v) is 18.0. The van der Waals surface area contributed by atoms with Crippen LogP contribution in [-0.2, 0) is 25.9 Å². The summed E-state index contributed by atoms with van der Waals surface area (Å²) in [6.45, 7) is 2.84. The summed E-state index contributed by atoms with van der Waals surface area (Å²) in [5.41, 5.74) is 3.64. The summed E-state index contributed by atoms with van der Waals surface area (Å²) in [6, 6.07) is 16.1. The molecule has 1 aromatic heterocycles. The van der Waals surface area contributed by atoms with Crippen LogP contribution < -0.4 is 10.9 Å². The van der Waals surface area contributed by atoms with Gasteiger partial charge in [-0.1, -0.05) is 54.4 Å². The summed E-state index contributed by atoms with van der Waals surface area (Å²) in [6.07, 6.45) is 1.47. The second-order valence-electron chi connectivity index (χ2n) is 6.90. The molecule has 3 rings (SSSR count). The van der Waals surface area contributed by atoms with Crippen molar-refractivity contribution in [1.29, 1.82) is 0 Å². The molecule has 0 spiro atoms. The van der Waals surface area contributed by atoms with Crippen LogP contribution in [0.15, 0.2) is 59.4 Å². The quantitative estimate of drug-likeness (QED) is 0.496. The number of hydrogen-bond acceptors (Lipinski definition) is 3. The van der Waals surface area contributed by atoms with E-state index >= 15 is 0 Å². The normalized spacial score (nSPS) is 10.8. The zero-order chi connectivity index (χ0) is 21.7. The van der Waals surface area contributed by atoms with Crippen molar-refractivity contribution in [3.8, 4) is 0 Å². The van der Waals surface area contributed by atoms with Crippen LogP contribution >= 0.6 is 23.2 Å². The number of pyridine rings is 1. The largest absolute Gasteiger partial charge is 0.478 e. The zero-order valence-electron chi connectivity index (χ0n) is 16.5. The molecule has 0 aliphatic rings. The molecule has 0 amide bonds. The predicted octanol–water partition coefficient (Wildman–Crippen LogP) is 5.27. The molecule has 0 saturated heterocycles. The van der Waals surface area contributed by atoms with Gasteiger partial charge in [-0.3, -0.25) is 4.79 Å². The lowest BCUT2D eigenvalue weighted by Crippen LogP contribution is -2.26. The van der Waals surface area contributed by atoms with Gasteiger partial charge < -0.3 is 15.0 Å². The Hall–Kier alpha value is -2.76. The molecule has 2 aromatic carbocycles. The first-order chi connectivity index (χ1) is 14.4. The van der Waals surface area contributed by atoms with Crippen molar-refractivity contribution < 1.29 is 9.90 Å². The van der Waals surface area contributed by atoms with Gasteiger partial charge in [0, 0.05) is 12.2 Å². The maximum Gasteiger partial charge on any atom is 0.335 e. The maximum atomic E-state index is 12.7. The average molecular weight is 445 g/mol. The molecule has 2 N–H and O–H groups in total. The number of nitrogens with zero attached hydrogens (tertiary/aromatic N) is 1. The Bertz CT molecular complexity index is 1110. The van der Waals surface area contributed by atoms with Crippen molar-refractivity contribution in [2.24, 2.45) is 0 Å². The number of aryl methyl sites for hydroxylation is 2. The number of aromatic carboxylic acids is 1. The molecule has 0 atom stereocenters. The molecule has 0 aliphatic heterocycles. The first-order valence-corrected chi connectivity index (χ1v) is 10.4. The minimum atomic E-state index is -0.972. The Balaban J connectivity index is 1.82. The fourth-order valence-electron chi connectivity index (χ4n) is 3.19. The van der Waals surface area contributed by atoms with Crippen molar-refractivity contribution in [2.75, 3.05) is 5.32 Å². The Morgan fingerprint density at radius 3 is 2.43 bits per heavy atom. The van der Waals surface area contributed by atoms with Gasteiger partial charge in [0.05, 0.1) is 22.8 Å². The Morgan fingerprint density at radius 2 is 1.77 bits per heavy atom. The lowest BCUT2D eigenvalue weighted by Gasteiger charge is -2.17. The number of aromatic nitrogens is 1. The van der Waals surface area contributed by atoms with E-state index < -0.39 is 5.97 Å². The lowest BCUT2D eigenvalue weighted by molar-refractivity contribution is 0.0697. The molecule has 0 fully saturated rings. The summed E-state index contributed by atoms with van der Waals surface area (Å²) in [4.78, 5) is 23.7. The van der Waals surface area contributed by atoms with Crippen LogP contribution in [0.2, 0.25) is 10.0 Å². The molecular formula is C23H22Cl2N2O3. The van der Waals surface area contributed by atoms with Crippen LogP contribution in [0.1, 0.15) is 34.1 Å². The van der Waals surface area contributed by atoms with Crippen LogP contribution in [0.4, 0.5) is 5.69 Å². The summed E-state index contributed by atoms with van der Waals surface area (Å²) in [5.74, 6) is -0.972. The number of carbonyl (C=O) groups is 1. The maximum absolute atomic E-state index is 12.7. The molecular weight excluding hydrogens is 423 g/mol. The summed E-state index contributed by atoms with van der Waals surface area (Å²) >= 11 is 12.5. The summed E-state index contributed by atoms with van der Waals surface area (Å²) in [7, 11) is 0. The lowest BCUT2D eigenvalue weighted by atomic mass is 10.1. The third kappa shape index (κ3) is 5.23. The smallest absolute Gasteiger partial charge is 0.335 e. The van der Waals surface area contributed by atoms with Crippen molar-refractivity contribution in [3.05, 3.63) is 97.4 Å². The SMILES string of the molecule is CCc1cccc(NCc2c(Cl)cc(Cl)c(=O)n2CCc2ccc(C(=O)O)cc2)c1. The Kier molecular flexibility index (Phi) is 7.19. The number of benzene rings is 2. The number of anilines is 1. The number of carboxylic acid groups (broad SMARTS) is 1. The first kappa shape index (κ1) is 21.9. The average Bonchev–Trinajstić information content (AvgIpc) is 2.75. The molecule has 0 aliphatic carbocycles. The Labute approximate surface area is 184 Å². The van der Waals surface area contributed by atoms with Crippen LogP contribution in [0.5, 0.6) is 0 Å². The highest BCUT2D eigenvalue weighted by Crippen LogP contribution is 2.21. The van der Waals surface area contributed by atoms with Gasteiger partial charge in [0.2, 0.25) is 0 Å². The monoisotopic (exact) mass is 444 g/mol. The number of rotatable bonds is 8. The summed E-state index contributed by atoms with van der Waals surface area (Å²) < 4.78 is 1.58.